The molecule has 3 N–H and O–H groups in total. The van der Waals surface area contributed by atoms with Gasteiger partial charge >= 0.3 is 12.0 Å². The Morgan fingerprint density at radius 2 is 1.84 bits per heavy atom. The quantitative estimate of drug-likeness (QED) is 0.625. The van der Waals surface area contributed by atoms with E-state index in [4.69, 9.17) is 5.11 Å². The Hall–Kier alpha value is -2.57. The second-order valence-electron chi connectivity index (χ2n) is 6.35. The summed E-state index contributed by atoms with van der Waals surface area (Å²) in [6.07, 6.45) is 3.82. The fraction of sp³-hybridized carbons (Fsp3) is 0.500. The fourth-order valence-corrected chi connectivity index (χ4v) is 2.52. The smallest absolute Gasteiger partial charge is 0.335 e. The van der Waals surface area contributed by atoms with E-state index in [9.17, 15) is 14.4 Å². The number of rotatable bonds is 8. The molecule has 0 bridgehead atoms. The SMILES string of the molecule is CN(CCCNC(=O)C1CCC1)C(=O)NCc1ccc(C(=O)O)cc1. The Morgan fingerprint density at radius 3 is 2.40 bits per heavy atom. The van der Waals surface area contributed by atoms with Gasteiger partial charge in [-0.1, -0.05) is 18.6 Å². The van der Waals surface area contributed by atoms with Crippen LogP contribution in [0.15, 0.2) is 24.3 Å². The summed E-state index contributed by atoms with van der Waals surface area (Å²) in [5.74, 6) is -0.656. The van der Waals surface area contributed by atoms with Crippen LogP contribution in [0, 0.1) is 5.92 Å². The summed E-state index contributed by atoms with van der Waals surface area (Å²) in [7, 11) is 1.70. The summed E-state index contributed by atoms with van der Waals surface area (Å²) < 4.78 is 0. The van der Waals surface area contributed by atoms with E-state index >= 15 is 0 Å². The number of urea groups is 1. The van der Waals surface area contributed by atoms with Crippen molar-refractivity contribution in [1.82, 2.24) is 15.5 Å². The van der Waals surface area contributed by atoms with E-state index in [0.29, 0.717) is 26.1 Å². The summed E-state index contributed by atoms with van der Waals surface area (Å²) in [5, 5.41) is 14.5. The van der Waals surface area contributed by atoms with Crippen LogP contribution in [0.1, 0.15) is 41.6 Å². The lowest BCUT2D eigenvalue weighted by molar-refractivity contribution is -0.127. The van der Waals surface area contributed by atoms with Gasteiger partial charge in [0.15, 0.2) is 0 Å². The Kier molecular flexibility index (Phi) is 6.80. The van der Waals surface area contributed by atoms with Crippen molar-refractivity contribution in [3.05, 3.63) is 35.4 Å². The molecule has 25 heavy (non-hydrogen) atoms. The van der Waals surface area contributed by atoms with Gasteiger partial charge in [0.25, 0.3) is 0 Å². The number of aromatic carboxylic acids is 1. The number of nitrogens with one attached hydrogen (secondary N) is 2. The number of carboxylic acid groups (broad SMARTS) is 1. The van der Waals surface area contributed by atoms with Gasteiger partial charge in [0.05, 0.1) is 5.56 Å². The molecule has 0 unspecified atom stereocenters. The van der Waals surface area contributed by atoms with Crippen LogP contribution in [0.5, 0.6) is 0 Å². The van der Waals surface area contributed by atoms with Gasteiger partial charge in [-0.15, -0.1) is 0 Å². The highest BCUT2D eigenvalue weighted by molar-refractivity contribution is 5.87. The van der Waals surface area contributed by atoms with Gasteiger partial charge in [0.1, 0.15) is 0 Å². The van der Waals surface area contributed by atoms with Crippen LogP contribution in [-0.4, -0.2) is 48.1 Å². The zero-order valence-electron chi connectivity index (χ0n) is 14.5. The second-order valence-corrected chi connectivity index (χ2v) is 6.35. The molecule has 3 amide bonds. The number of hydrogen-bond donors (Lipinski definition) is 3. The minimum Gasteiger partial charge on any atom is -0.478 e. The minimum atomic E-state index is -0.972. The maximum atomic E-state index is 12.0. The number of carbonyl (C=O) groups is 3. The topological polar surface area (TPSA) is 98.7 Å². The number of benzene rings is 1. The van der Waals surface area contributed by atoms with Crippen LogP contribution in [0.2, 0.25) is 0 Å². The molecule has 1 aliphatic rings. The Labute approximate surface area is 147 Å². The van der Waals surface area contributed by atoms with Gasteiger partial charge in [0.2, 0.25) is 5.91 Å². The van der Waals surface area contributed by atoms with Crippen molar-refractivity contribution in [2.75, 3.05) is 20.1 Å². The maximum absolute atomic E-state index is 12.0. The molecule has 7 heteroatoms. The lowest BCUT2D eigenvalue weighted by atomic mass is 9.85. The number of hydrogen-bond acceptors (Lipinski definition) is 3. The molecule has 1 aromatic carbocycles. The zero-order chi connectivity index (χ0) is 18.2. The molecule has 0 spiro atoms. The third-order valence-corrected chi connectivity index (χ3v) is 4.44. The maximum Gasteiger partial charge on any atom is 0.335 e. The molecule has 136 valence electrons. The number of nitrogens with zero attached hydrogens (tertiary/aromatic N) is 1. The first kappa shape index (κ1) is 18.8. The summed E-state index contributed by atoms with van der Waals surface area (Å²) in [6, 6.07) is 6.18. The van der Waals surface area contributed by atoms with Crippen molar-refractivity contribution in [3.63, 3.8) is 0 Å². The van der Waals surface area contributed by atoms with E-state index in [1.165, 1.54) is 12.1 Å². The first-order valence-electron chi connectivity index (χ1n) is 8.56. The molecule has 0 saturated heterocycles. The van der Waals surface area contributed by atoms with Gasteiger partial charge < -0.3 is 20.6 Å². The summed E-state index contributed by atoms with van der Waals surface area (Å²) in [4.78, 5) is 36.1. The van der Waals surface area contributed by atoms with Crippen LogP contribution in [0.3, 0.4) is 0 Å². The Bertz CT molecular complexity index is 611. The molecule has 7 nitrogen and oxygen atoms in total. The number of carboxylic acids is 1. The van der Waals surface area contributed by atoms with Crippen molar-refractivity contribution in [1.29, 1.82) is 0 Å². The predicted molar refractivity (Wildman–Crippen MR) is 93.2 cm³/mol. The number of carbonyl (C=O) groups excluding carboxylic acids is 2. The Morgan fingerprint density at radius 1 is 1.16 bits per heavy atom. The molecular formula is C18H25N3O4. The third kappa shape index (κ3) is 5.77. The lowest BCUT2D eigenvalue weighted by Crippen LogP contribution is -2.39. The van der Waals surface area contributed by atoms with Crippen molar-refractivity contribution in [2.24, 2.45) is 5.92 Å². The molecule has 0 heterocycles. The molecule has 1 fully saturated rings. The van der Waals surface area contributed by atoms with E-state index in [0.717, 1.165) is 24.8 Å². The van der Waals surface area contributed by atoms with Crippen LogP contribution in [0.25, 0.3) is 0 Å². The summed E-state index contributed by atoms with van der Waals surface area (Å²) >= 11 is 0. The fourth-order valence-electron chi connectivity index (χ4n) is 2.52. The minimum absolute atomic E-state index is 0.128. The molecule has 0 radical (unpaired) electrons. The van der Waals surface area contributed by atoms with Crippen molar-refractivity contribution in [2.45, 2.75) is 32.2 Å². The number of amides is 3. The highest BCUT2D eigenvalue weighted by atomic mass is 16.4. The highest BCUT2D eigenvalue weighted by Gasteiger charge is 2.24. The third-order valence-electron chi connectivity index (χ3n) is 4.44. The van der Waals surface area contributed by atoms with Gasteiger partial charge in [-0.2, -0.15) is 0 Å². The van der Waals surface area contributed by atoms with Crippen LogP contribution in [-0.2, 0) is 11.3 Å². The van der Waals surface area contributed by atoms with Gasteiger partial charge in [-0.3, -0.25) is 4.79 Å². The van der Waals surface area contributed by atoms with E-state index in [1.54, 1.807) is 24.1 Å². The summed E-state index contributed by atoms with van der Waals surface area (Å²) in [5.41, 5.74) is 1.05. The van der Waals surface area contributed by atoms with Gasteiger partial charge in [0, 0.05) is 32.6 Å². The van der Waals surface area contributed by atoms with Crippen molar-refractivity contribution in [3.8, 4) is 0 Å². The average Bonchev–Trinajstić information content (AvgIpc) is 2.55. The average molecular weight is 347 g/mol. The van der Waals surface area contributed by atoms with E-state index < -0.39 is 5.97 Å². The lowest BCUT2D eigenvalue weighted by Gasteiger charge is -2.24. The Balaban J connectivity index is 1.62. The second kappa shape index (κ2) is 9.05. The molecule has 1 aromatic rings. The van der Waals surface area contributed by atoms with Gasteiger partial charge in [-0.05, 0) is 37.0 Å². The normalized spacial score (nSPS) is 13.6. The van der Waals surface area contributed by atoms with Crippen molar-refractivity contribution < 1.29 is 19.5 Å². The molecule has 0 aliphatic heterocycles. The first-order valence-corrected chi connectivity index (χ1v) is 8.56. The predicted octanol–water partition coefficient (Wildman–Crippen LogP) is 1.83. The van der Waals surface area contributed by atoms with E-state index in [2.05, 4.69) is 10.6 Å². The van der Waals surface area contributed by atoms with Gasteiger partial charge in [-0.25, -0.2) is 9.59 Å². The molecule has 2 rings (SSSR count). The standard InChI is InChI=1S/C18H25N3O4/c1-21(11-3-10-19-16(22)14-4-2-5-14)18(25)20-12-13-6-8-15(9-7-13)17(23)24/h6-9,14H,2-5,10-12H2,1H3,(H,19,22)(H,20,25)(H,23,24). The van der Waals surface area contributed by atoms with E-state index in [1.807, 2.05) is 0 Å². The van der Waals surface area contributed by atoms with Crippen molar-refractivity contribution >= 4 is 17.9 Å². The van der Waals surface area contributed by atoms with E-state index in [-0.39, 0.29) is 23.4 Å². The van der Waals surface area contributed by atoms with Crippen LogP contribution < -0.4 is 10.6 Å². The molecule has 1 saturated carbocycles. The molecule has 1 aliphatic carbocycles. The molecular weight excluding hydrogens is 322 g/mol. The highest BCUT2D eigenvalue weighted by Crippen LogP contribution is 2.25. The summed E-state index contributed by atoms with van der Waals surface area (Å²) in [6.45, 7) is 1.46. The molecule has 0 aromatic heterocycles. The first-order chi connectivity index (χ1) is 12.0. The monoisotopic (exact) mass is 347 g/mol. The molecule has 0 atom stereocenters. The van der Waals surface area contributed by atoms with Crippen LogP contribution >= 0.6 is 0 Å². The van der Waals surface area contributed by atoms with Crippen LogP contribution in [0.4, 0.5) is 4.79 Å². The zero-order valence-corrected chi connectivity index (χ0v) is 14.5. The largest absolute Gasteiger partial charge is 0.478 e.